The summed E-state index contributed by atoms with van der Waals surface area (Å²) in [7, 11) is 0. The number of carbonyl (C=O) groups is 1. The molecule has 50 valence electrons. The molecule has 0 amide bonds. The Morgan fingerprint density at radius 1 is 1.56 bits per heavy atom. The lowest BCUT2D eigenvalue weighted by Gasteiger charge is -2.16. The van der Waals surface area contributed by atoms with E-state index >= 15 is 0 Å². The molecule has 3 heteroatoms. The molecule has 1 spiro atoms. The molecule has 0 N–H and O–H groups in total. The molecule has 0 aromatic rings. The van der Waals surface area contributed by atoms with E-state index in [1.807, 2.05) is 0 Å². The van der Waals surface area contributed by atoms with Crippen LogP contribution in [0.1, 0.15) is 12.8 Å². The zero-order valence-electron chi connectivity index (χ0n) is 5.05. The molecular formula is C6H8O3. The van der Waals surface area contributed by atoms with E-state index in [4.69, 9.17) is 9.47 Å². The van der Waals surface area contributed by atoms with Gasteiger partial charge < -0.3 is 9.47 Å². The van der Waals surface area contributed by atoms with Gasteiger partial charge in [-0.3, -0.25) is 0 Å². The summed E-state index contributed by atoms with van der Waals surface area (Å²) >= 11 is 0. The number of cyclic esters (lactones) is 1. The Bertz CT molecular complexity index is 148. The molecule has 0 aromatic carbocycles. The van der Waals surface area contributed by atoms with Crippen molar-refractivity contribution in [3.63, 3.8) is 0 Å². The SMILES string of the molecule is O=C1OCCC[C@]12CO2. The van der Waals surface area contributed by atoms with Crippen LogP contribution in [0.3, 0.4) is 0 Å². The van der Waals surface area contributed by atoms with Gasteiger partial charge in [-0.15, -0.1) is 0 Å². The van der Waals surface area contributed by atoms with Crippen LogP contribution in [0.5, 0.6) is 0 Å². The van der Waals surface area contributed by atoms with Crippen LogP contribution < -0.4 is 0 Å². The van der Waals surface area contributed by atoms with Crippen LogP contribution in [-0.4, -0.2) is 24.8 Å². The molecule has 2 rings (SSSR count). The predicted molar refractivity (Wildman–Crippen MR) is 28.9 cm³/mol. The molecule has 0 unspecified atom stereocenters. The highest BCUT2D eigenvalue weighted by molar-refractivity contribution is 5.82. The van der Waals surface area contributed by atoms with Crippen molar-refractivity contribution >= 4 is 5.97 Å². The highest BCUT2D eigenvalue weighted by atomic mass is 16.6. The monoisotopic (exact) mass is 128 g/mol. The quantitative estimate of drug-likeness (QED) is 0.343. The first-order chi connectivity index (χ1) is 4.33. The van der Waals surface area contributed by atoms with Crippen molar-refractivity contribution in [1.29, 1.82) is 0 Å². The zero-order valence-corrected chi connectivity index (χ0v) is 5.05. The molecule has 2 saturated heterocycles. The lowest BCUT2D eigenvalue weighted by atomic mass is 10.0. The maximum absolute atomic E-state index is 10.8. The third kappa shape index (κ3) is 0.645. The van der Waals surface area contributed by atoms with Crippen molar-refractivity contribution in [2.24, 2.45) is 0 Å². The average molecular weight is 128 g/mol. The van der Waals surface area contributed by atoms with Crippen LogP contribution in [0, 0.1) is 0 Å². The Labute approximate surface area is 52.9 Å². The van der Waals surface area contributed by atoms with Gasteiger partial charge in [-0.2, -0.15) is 0 Å². The second-order valence-electron chi connectivity index (χ2n) is 2.52. The van der Waals surface area contributed by atoms with Crippen LogP contribution >= 0.6 is 0 Å². The molecule has 2 aliphatic heterocycles. The van der Waals surface area contributed by atoms with Gasteiger partial charge in [-0.1, -0.05) is 0 Å². The second kappa shape index (κ2) is 1.48. The molecule has 2 heterocycles. The van der Waals surface area contributed by atoms with Crippen LogP contribution in [-0.2, 0) is 14.3 Å². The number of epoxide rings is 1. The van der Waals surface area contributed by atoms with Gasteiger partial charge in [0, 0.05) is 0 Å². The minimum absolute atomic E-state index is 0.159. The Hall–Kier alpha value is -0.570. The Kier molecular flexibility index (Phi) is 0.858. The molecule has 0 radical (unpaired) electrons. The number of carbonyl (C=O) groups excluding carboxylic acids is 1. The molecule has 0 bridgehead atoms. The molecular weight excluding hydrogens is 120 g/mol. The van der Waals surface area contributed by atoms with Crippen LogP contribution in [0.2, 0.25) is 0 Å². The first kappa shape index (κ1) is 5.23. The third-order valence-corrected chi connectivity index (χ3v) is 1.82. The van der Waals surface area contributed by atoms with Gasteiger partial charge in [0.15, 0.2) is 5.60 Å². The lowest BCUT2D eigenvalue weighted by molar-refractivity contribution is -0.154. The van der Waals surface area contributed by atoms with Crippen LogP contribution in [0.15, 0.2) is 0 Å². The molecule has 2 fully saturated rings. The van der Waals surface area contributed by atoms with Gasteiger partial charge in [0.05, 0.1) is 13.2 Å². The van der Waals surface area contributed by atoms with E-state index in [1.54, 1.807) is 0 Å². The summed E-state index contributed by atoms with van der Waals surface area (Å²) in [6, 6.07) is 0. The van der Waals surface area contributed by atoms with Gasteiger partial charge in [-0.25, -0.2) is 4.79 Å². The fourth-order valence-corrected chi connectivity index (χ4v) is 1.11. The Morgan fingerprint density at radius 3 is 2.78 bits per heavy atom. The van der Waals surface area contributed by atoms with Gasteiger partial charge in [-0.05, 0) is 12.8 Å². The molecule has 1 atom stereocenters. The topological polar surface area (TPSA) is 38.8 Å². The van der Waals surface area contributed by atoms with E-state index < -0.39 is 5.60 Å². The molecule has 0 aliphatic carbocycles. The normalized spacial score (nSPS) is 40.7. The lowest BCUT2D eigenvalue weighted by Crippen LogP contribution is -2.32. The largest absolute Gasteiger partial charge is 0.463 e. The van der Waals surface area contributed by atoms with Crippen LogP contribution in [0.4, 0.5) is 0 Å². The molecule has 0 aromatic heterocycles. The summed E-state index contributed by atoms with van der Waals surface area (Å²) in [5, 5.41) is 0. The average Bonchev–Trinajstić information content (AvgIpc) is 2.60. The fraction of sp³-hybridized carbons (Fsp3) is 0.833. The summed E-state index contributed by atoms with van der Waals surface area (Å²) in [5.41, 5.74) is -0.474. The smallest absolute Gasteiger partial charge is 0.340 e. The van der Waals surface area contributed by atoms with Crippen LogP contribution in [0.25, 0.3) is 0 Å². The first-order valence-corrected chi connectivity index (χ1v) is 3.15. The second-order valence-corrected chi connectivity index (χ2v) is 2.52. The zero-order chi connectivity index (χ0) is 6.32. The highest BCUT2D eigenvalue weighted by Crippen LogP contribution is 2.36. The van der Waals surface area contributed by atoms with Gasteiger partial charge in [0.2, 0.25) is 0 Å². The Morgan fingerprint density at radius 2 is 2.33 bits per heavy atom. The number of ether oxygens (including phenoxy) is 2. The Balaban J connectivity index is 2.12. The van der Waals surface area contributed by atoms with E-state index in [9.17, 15) is 4.79 Å². The maximum Gasteiger partial charge on any atom is 0.340 e. The summed E-state index contributed by atoms with van der Waals surface area (Å²) in [5.74, 6) is -0.159. The van der Waals surface area contributed by atoms with Gasteiger partial charge >= 0.3 is 5.97 Å². The van der Waals surface area contributed by atoms with E-state index in [-0.39, 0.29) is 5.97 Å². The first-order valence-electron chi connectivity index (χ1n) is 3.15. The summed E-state index contributed by atoms with van der Waals surface area (Å²) < 4.78 is 9.77. The minimum atomic E-state index is -0.474. The van der Waals surface area contributed by atoms with E-state index in [2.05, 4.69) is 0 Å². The van der Waals surface area contributed by atoms with Crippen molar-refractivity contribution in [2.75, 3.05) is 13.2 Å². The standard InChI is InChI=1S/C6H8O3/c7-5-6(4-9-6)2-1-3-8-5/h1-4H2/t6-/m0/s1. The minimum Gasteiger partial charge on any atom is -0.463 e. The summed E-state index contributed by atoms with van der Waals surface area (Å²) in [6.07, 6.45) is 1.80. The van der Waals surface area contributed by atoms with Gasteiger partial charge in [0.25, 0.3) is 0 Å². The molecule has 3 nitrogen and oxygen atoms in total. The maximum atomic E-state index is 10.8. The van der Waals surface area contributed by atoms with Gasteiger partial charge in [0.1, 0.15) is 0 Å². The number of hydrogen-bond donors (Lipinski definition) is 0. The molecule has 2 aliphatic rings. The van der Waals surface area contributed by atoms with E-state index in [0.29, 0.717) is 13.2 Å². The van der Waals surface area contributed by atoms with Crippen molar-refractivity contribution in [3.8, 4) is 0 Å². The predicted octanol–water partition coefficient (Wildman–Crippen LogP) is 0.0924. The molecule has 9 heavy (non-hydrogen) atoms. The number of rotatable bonds is 0. The van der Waals surface area contributed by atoms with Crippen molar-refractivity contribution < 1.29 is 14.3 Å². The van der Waals surface area contributed by atoms with E-state index in [1.165, 1.54) is 0 Å². The summed E-state index contributed by atoms with van der Waals surface area (Å²) in [6.45, 7) is 1.15. The van der Waals surface area contributed by atoms with Crippen molar-refractivity contribution in [1.82, 2.24) is 0 Å². The highest BCUT2D eigenvalue weighted by Gasteiger charge is 2.54. The fourth-order valence-electron chi connectivity index (χ4n) is 1.11. The summed E-state index contributed by atoms with van der Waals surface area (Å²) in [4.78, 5) is 10.8. The van der Waals surface area contributed by atoms with Crippen molar-refractivity contribution in [3.05, 3.63) is 0 Å². The third-order valence-electron chi connectivity index (χ3n) is 1.82. The number of hydrogen-bond acceptors (Lipinski definition) is 3. The van der Waals surface area contributed by atoms with Crippen molar-refractivity contribution in [2.45, 2.75) is 18.4 Å². The van der Waals surface area contributed by atoms with E-state index in [0.717, 1.165) is 12.8 Å². The number of esters is 1. The molecule has 0 saturated carbocycles.